The molecule has 0 spiro atoms. The minimum Gasteiger partial charge on any atom is -0.451 e. The molecule has 0 saturated carbocycles. The van der Waals surface area contributed by atoms with Gasteiger partial charge in [-0.25, -0.2) is 4.79 Å². The molecular formula is C21H21N3O4S. The Morgan fingerprint density at radius 2 is 1.83 bits per heavy atom. The molecule has 0 bridgehead atoms. The third kappa shape index (κ3) is 5.17. The Bertz CT molecular complexity index is 1010. The van der Waals surface area contributed by atoms with Gasteiger partial charge < -0.3 is 19.9 Å². The predicted octanol–water partition coefficient (Wildman–Crippen LogP) is 3.14. The molecule has 2 aromatic carbocycles. The Balaban J connectivity index is 1.50. The minimum absolute atomic E-state index is 0.147. The SMILES string of the molecule is CSc1ccccc1NC(=O)CN(C)C(=O)COC(=O)c1cc2ccccc2[nH]1. The van der Waals surface area contributed by atoms with E-state index in [4.69, 9.17) is 4.74 Å². The highest BCUT2D eigenvalue weighted by Gasteiger charge is 2.17. The third-order valence-corrected chi connectivity index (χ3v) is 5.06. The summed E-state index contributed by atoms with van der Waals surface area (Å²) in [6, 6.07) is 16.5. The van der Waals surface area contributed by atoms with Gasteiger partial charge in [0, 0.05) is 22.8 Å². The van der Waals surface area contributed by atoms with Crippen molar-refractivity contribution in [2.75, 3.05) is 31.8 Å². The number of anilines is 1. The van der Waals surface area contributed by atoms with Gasteiger partial charge in [0.05, 0.1) is 12.2 Å². The number of para-hydroxylation sites is 2. The molecule has 0 aliphatic heterocycles. The smallest absolute Gasteiger partial charge is 0.355 e. The van der Waals surface area contributed by atoms with Crippen molar-refractivity contribution >= 4 is 46.1 Å². The van der Waals surface area contributed by atoms with Crippen LogP contribution < -0.4 is 5.32 Å². The van der Waals surface area contributed by atoms with Gasteiger partial charge in [0.2, 0.25) is 5.91 Å². The highest BCUT2D eigenvalue weighted by molar-refractivity contribution is 7.98. The zero-order valence-corrected chi connectivity index (χ0v) is 16.9. The average molecular weight is 411 g/mol. The van der Waals surface area contributed by atoms with Crippen LogP contribution in [0.2, 0.25) is 0 Å². The van der Waals surface area contributed by atoms with Gasteiger partial charge in [-0.1, -0.05) is 30.3 Å². The van der Waals surface area contributed by atoms with Crippen molar-refractivity contribution in [3.63, 3.8) is 0 Å². The lowest BCUT2D eigenvalue weighted by Gasteiger charge is -2.17. The highest BCUT2D eigenvalue weighted by atomic mass is 32.2. The van der Waals surface area contributed by atoms with E-state index in [1.807, 2.05) is 48.7 Å². The summed E-state index contributed by atoms with van der Waals surface area (Å²) in [7, 11) is 1.49. The van der Waals surface area contributed by atoms with Gasteiger partial charge in [-0.2, -0.15) is 0 Å². The number of aromatic nitrogens is 1. The molecule has 8 heteroatoms. The maximum atomic E-state index is 12.2. The van der Waals surface area contributed by atoms with Gasteiger partial charge in [0.1, 0.15) is 5.69 Å². The second-order valence-electron chi connectivity index (χ2n) is 6.34. The second kappa shape index (κ2) is 9.29. The monoisotopic (exact) mass is 411 g/mol. The molecule has 3 aromatic rings. The number of likely N-dealkylation sites (N-methyl/N-ethyl adjacent to an activating group) is 1. The highest BCUT2D eigenvalue weighted by Crippen LogP contribution is 2.24. The molecule has 150 valence electrons. The number of carbonyl (C=O) groups is 3. The lowest BCUT2D eigenvalue weighted by molar-refractivity contribution is -0.136. The molecule has 0 aliphatic rings. The van der Waals surface area contributed by atoms with Crippen LogP contribution in [0.1, 0.15) is 10.5 Å². The van der Waals surface area contributed by atoms with Gasteiger partial charge in [-0.05, 0) is 30.5 Å². The minimum atomic E-state index is -0.624. The van der Waals surface area contributed by atoms with Crippen molar-refractivity contribution in [2.45, 2.75) is 4.90 Å². The van der Waals surface area contributed by atoms with E-state index in [2.05, 4.69) is 10.3 Å². The van der Waals surface area contributed by atoms with E-state index in [0.717, 1.165) is 15.8 Å². The van der Waals surface area contributed by atoms with E-state index in [9.17, 15) is 14.4 Å². The van der Waals surface area contributed by atoms with Gasteiger partial charge in [0.25, 0.3) is 5.91 Å². The number of carbonyl (C=O) groups excluding carboxylic acids is 3. The summed E-state index contributed by atoms with van der Waals surface area (Å²) in [5.74, 6) is -1.42. The topological polar surface area (TPSA) is 91.5 Å². The number of esters is 1. The first-order valence-electron chi connectivity index (χ1n) is 8.89. The first-order valence-corrected chi connectivity index (χ1v) is 10.1. The molecule has 2 amide bonds. The van der Waals surface area contributed by atoms with Crippen molar-refractivity contribution in [3.05, 3.63) is 60.3 Å². The Kier molecular flexibility index (Phi) is 6.56. The number of nitrogens with one attached hydrogen (secondary N) is 2. The van der Waals surface area contributed by atoms with Crippen LogP contribution in [0.4, 0.5) is 5.69 Å². The van der Waals surface area contributed by atoms with Crippen LogP contribution in [0.3, 0.4) is 0 Å². The fourth-order valence-electron chi connectivity index (χ4n) is 2.74. The number of nitrogens with zero attached hydrogens (tertiary/aromatic N) is 1. The molecule has 0 atom stereocenters. The molecule has 1 aromatic heterocycles. The number of aromatic amines is 1. The Labute approximate surface area is 172 Å². The number of fused-ring (bicyclic) bond motifs is 1. The summed E-state index contributed by atoms with van der Waals surface area (Å²) < 4.78 is 5.08. The van der Waals surface area contributed by atoms with Crippen LogP contribution in [0, 0.1) is 0 Å². The zero-order valence-electron chi connectivity index (χ0n) is 16.1. The Morgan fingerprint density at radius 3 is 2.59 bits per heavy atom. The van der Waals surface area contributed by atoms with Gasteiger partial charge >= 0.3 is 5.97 Å². The van der Waals surface area contributed by atoms with Crippen molar-refractivity contribution < 1.29 is 19.1 Å². The molecule has 0 aliphatic carbocycles. The first-order chi connectivity index (χ1) is 14.0. The number of hydrogen-bond acceptors (Lipinski definition) is 5. The molecule has 3 rings (SSSR count). The van der Waals surface area contributed by atoms with Gasteiger partial charge in [-0.15, -0.1) is 11.8 Å². The second-order valence-corrected chi connectivity index (χ2v) is 7.19. The standard InChI is InChI=1S/C21H21N3O4S/c1-24(12-19(25)23-16-9-5-6-10-18(16)29-2)20(26)13-28-21(27)17-11-14-7-3-4-8-15(14)22-17/h3-11,22H,12-13H2,1-2H3,(H,23,25). The molecule has 2 N–H and O–H groups in total. The van der Waals surface area contributed by atoms with E-state index in [0.29, 0.717) is 5.69 Å². The Hall–Kier alpha value is -3.26. The molecule has 0 saturated heterocycles. The fourth-order valence-corrected chi connectivity index (χ4v) is 3.29. The lowest BCUT2D eigenvalue weighted by Crippen LogP contribution is -2.37. The van der Waals surface area contributed by atoms with Crippen molar-refractivity contribution in [1.82, 2.24) is 9.88 Å². The van der Waals surface area contributed by atoms with E-state index in [-0.39, 0.29) is 18.1 Å². The number of H-pyrrole nitrogens is 1. The number of hydrogen-bond donors (Lipinski definition) is 2. The van der Waals surface area contributed by atoms with E-state index in [1.165, 1.54) is 23.7 Å². The molecule has 29 heavy (non-hydrogen) atoms. The van der Waals surface area contributed by atoms with Crippen molar-refractivity contribution in [1.29, 1.82) is 0 Å². The van der Waals surface area contributed by atoms with Crippen molar-refractivity contribution in [2.24, 2.45) is 0 Å². The summed E-state index contributed by atoms with van der Waals surface area (Å²) in [5, 5.41) is 3.67. The summed E-state index contributed by atoms with van der Waals surface area (Å²) in [5.41, 5.74) is 1.77. The largest absolute Gasteiger partial charge is 0.451 e. The normalized spacial score (nSPS) is 10.6. The number of ether oxygens (including phenoxy) is 1. The predicted molar refractivity (Wildman–Crippen MR) is 113 cm³/mol. The summed E-state index contributed by atoms with van der Waals surface area (Å²) >= 11 is 1.52. The van der Waals surface area contributed by atoms with Crippen LogP contribution in [0.25, 0.3) is 10.9 Å². The molecule has 1 heterocycles. The summed E-state index contributed by atoms with van der Waals surface area (Å²) in [6.07, 6.45) is 1.92. The molecule has 0 radical (unpaired) electrons. The average Bonchev–Trinajstić information content (AvgIpc) is 3.16. The number of benzene rings is 2. The lowest BCUT2D eigenvalue weighted by atomic mass is 10.2. The molecular weight excluding hydrogens is 390 g/mol. The molecule has 0 unspecified atom stereocenters. The van der Waals surface area contributed by atoms with E-state index in [1.54, 1.807) is 12.1 Å². The van der Waals surface area contributed by atoms with Crippen LogP contribution in [0.15, 0.2) is 59.5 Å². The van der Waals surface area contributed by atoms with Crippen LogP contribution in [-0.4, -0.2) is 54.1 Å². The number of rotatable bonds is 7. The van der Waals surface area contributed by atoms with Crippen LogP contribution in [-0.2, 0) is 14.3 Å². The molecule has 7 nitrogen and oxygen atoms in total. The summed E-state index contributed by atoms with van der Waals surface area (Å²) in [6.45, 7) is -0.592. The maximum absolute atomic E-state index is 12.2. The first kappa shape index (κ1) is 20.5. The third-order valence-electron chi connectivity index (χ3n) is 4.26. The fraction of sp³-hybridized carbons (Fsp3) is 0.190. The quantitative estimate of drug-likeness (QED) is 0.460. The van der Waals surface area contributed by atoms with Gasteiger partial charge in [-0.3, -0.25) is 9.59 Å². The number of amides is 2. The maximum Gasteiger partial charge on any atom is 0.355 e. The van der Waals surface area contributed by atoms with Crippen LogP contribution >= 0.6 is 11.8 Å². The zero-order chi connectivity index (χ0) is 20.8. The summed E-state index contributed by atoms with van der Waals surface area (Å²) in [4.78, 5) is 41.7. The number of thioether (sulfide) groups is 1. The Morgan fingerprint density at radius 1 is 1.10 bits per heavy atom. The van der Waals surface area contributed by atoms with Crippen molar-refractivity contribution in [3.8, 4) is 0 Å². The van der Waals surface area contributed by atoms with Gasteiger partial charge in [0.15, 0.2) is 6.61 Å². The van der Waals surface area contributed by atoms with E-state index < -0.39 is 18.5 Å². The van der Waals surface area contributed by atoms with Crippen LogP contribution in [0.5, 0.6) is 0 Å². The van der Waals surface area contributed by atoms with E-state index >= 15 is 0 Å². The molecule has 0 fully saturated rings.